The van der Waals surface area contributed by atoms with Crippen molar-refractivity contribution in [3.8, 4) is 11.5 Å². The molecule has 0 aliphatic heterocycles. The lowest BCUT2D eigenvalue weighted by molar-refractivity contribution is 0.0765. The zero-order valence-corrected chi connectivity index (χ0v) is 14.4. The lowest BCUT2D eigenvalue weighted by atomic mass is 9.95. The van der Waals surface area contributed by atoms with Crippen molar-refractivity contribution in [2.24, 2.45) is 0 Å². The first kappa shape index (κ1) is 15.6. The van der Waals surface area contributed by atoms with Crippen molar-refractivity contribution in [2.75, 3.05) is 0 Å². The molecule has 1 aliphatic rings. The van der Waals surface area contributed by atoms with E-state index < -0.39 is 5.60 Å². The second kappa shape index (κ2) is 6.08. The Morgan fingerprint density at radius 2 is 2.00 bits per heavy atom. The fourth-order valence-corrected chi connectivity index (χ4v) is 3.65. The van der Waals surface area contributed by atoms with Gasteiger partial charge in [-0.25, -0.2) is 14.6 Å². The normalized spacial score (nSPS) is 17.1. The van der Waals surface area contributed by atoms with E-state index in [0.29, 0.717) is 18.3 Å². The predicted molar refractivity (Wildman–Crippen MR) is 88.0 cm³/mol. The third-order valence-electron chi connectivity index (χ3n) is 4.06. The van der Waals surface area contributed by atoms with E-state index in [0.717, 1.165) is 29.4 Å². The Kier molecular flexibility index (Phi) is 4.32. The van der Waals surface area contributed by atoms with Crippen LogP contribution in [0.5, 0.6) is 0 Å². The van der Waals surface area contributed by atoms with Gasteiger partial charge in [0.25, 0.3) is 0 Å². The molecule has 2 aromatic heterocycles. The summed E-state index contributed by atoms with van der Waals surface area (Å²) in [6.07, 6.45) is 6.62. The minimum absolute atomic E-state index is 0.409. The van der Waals surface area contributed by atoms with Gasteiger partial charge in [0.15, 0.2) is 0 Å². The lowest BCUT2D eigenvalue weighted by Gasteiger charge is -2.24. The largest absolute Gasteiger partial charge is 0.390 e. The summed E-state index contributed by atoms with van der Waals surface area (Å²) in [6.45, 7) is 5.63. The van der Waals surface area contributed by atoms with Crippen LogP contribution in [0.25, 0.3) is 11.5 Å². The number of nitrogens with zero attached hydrogens (tertiary/aromatic N) is 4. The SMILES string of the molecule is Cc1nc(-c2nc(CC(C)(C)O)n(C3CCCCC3)n2)cs1. The third-order valence-corrected chi connectivity index (χ3v) is 4.83. The van der Waals surface area contributed by atoms with E-state index in [2.05, 4.69) is 9.67 Å². The summed E-state index contributed by atoms with van der Waals surface area (Å²) in [5.41, 5.74) is 0.0587. The standard InChI is InChI=1S/C16H24N4OS/c1-11-17-13(10-22-11)15-18-14(9-16(2,3)21)20(19-15)12-7-5-4-6-8-12/h10,12,21H,4-9H2,1-3H3. The van der Waals surface area contributed by atoms with Crippen molar-refractivity contribution in [1.82, 2.24) is 19.7 Å². The monoisotopic (exact) mass is 320 g/mol. The van der Waals surface area contributed by atoms with Gasteiger partial charge < -0.3 is 5.11 Å². The molecule has 3 rings (SSSR count). The molecule has 22 heavy (non-hydrogen) atoms. The highest BCUT2D eigenvalue weighted by atomic mass is 32.1. The van der Waals surface area contributed by atoms with Crippen LogP contribution in [-0.4, -0.2) is 30.5 Å². The maximum Gasteiger partial charge on any atom is 0.200 e. The highest BCUT2D eigenvalue weighted by Crippen LogP contribution is 2.30. The molecule has 0 saturated heterocycles. The zero-order chi connectivity index (χ0) is 15.7. The molecule has 2 heterocycles. The molecule has 1 aliphatic carbocycles. The van der Waals surface area contributed by atoms with Crippen LogP contribution in [0.3, 0.4) is 0 Å². The molecule has 2 aromatic rings. The van der Waals surface area contributed by atoms with E-state index in [1.807, 2.05) is 26.2 Å². The molecule has 0 bridgehead atoms. The Morgan fingerprint density at radius 3 is 2.59 bits per heavy atom. The van der Waals surface area contributed by atoms with Crippen LogP contribution in [0.15, 0.2) is 5.38 Å². The quantitative estimate of drug-likeness (QED) is 0.936. The summed E-state index contributed by atoms with van der Waals surface area (Å²) >= 11 is 1.61. The minimum Gasteiger partial charge on any atom is -0.390 e. The molecule has 0 spiro atoms. The van der Waals surface area contributed by atoms with Crippen LogP contribution in [0, 0.1) is 6.92 Å². The first-order valence-electron chi connectivity index (χ1n) is 8.03. The van der Waals surface area contributed by atoms with Crippen LogP contribution in [0.1, 0.15) is 62.8 Å². The van der Waals surface area contributed by atoms with E-state index >= 15 is 0 Å². The van der Waals surface area contributed by atoms with Gasteiger partial charge in [-0.2, -0.15) is 0 Å². The lowest BCUT2D eigenvalue weighted by Crippen LogP contribution is -2.26. The van der Waals surface area contributed by atoms with Gasteiger partial charge in [-0.1, -0.05) is 19.3 Å². The summed E-state index contributed by atoms with van der Waals surface area (Å²) in [4.78, 5) is 9.19. The Bertz CT molecular complexity index is 635. The van der Waals surface area contributed by atoms with Crippen molar-refractivity contribution >= 4 is 11.3 Å². The van der Waals surface area contributed by atoms with E-state index in [-0.39, 0.29) is 0 Å². The van der Waals surface area contributed by atoms with Crippen molar-refractivity contribution in [1.29, 1.82) is 0 Å². The molecule has 1 fully saturated rings. The molecule has 1 saturated carbocycles. The molecule has 0 amide bonds. The van der Waals surface area contributed by atoms with Gasteiger partial charge in [0.1, 0.15) is 11.5 Å². The third kappa shape index (κ3) is 3.55. The van der Waals surface area contributed by atoms with Crippen LogP contribution >= 0.6 is 11.3 Å². The fraction of sp³-hybridized carbons (Fsp3) is 0.688. The van der Waals surface area contributed by atoms with Crippen LogP contribution in [-0.2, 0) is 6.42 Å². The molecule has 5 nitrogen and oxygen atoms in total. The number of aliphatic hydroxyl groups is 1. The Labute approximate surface area is 135 Å². The summed E-state index contributed by atoms with van der Waals surface area (Å²) in [5.74, 6) is 1.56. The van der Waals surface area contributed by atoms with Gasteiger partial charge in [-0.3, -0.25) is 0 Å². The topological polar surface area (TPSA) is 63.8 Å². The molecular formula is C16H24N4OS. The van der Waals surface area contributed by atoms with Crippen molar-refractivity contribution in [3.05, 3.63) is 16.2 Å². The number of thiazole rings is 1. The maximum absolute atomic E-state index is 10.2. The number of aromatic nitrogens is 4. The van der Waals surface area contributed by atoms with Gasteiger partial charge in [-0.05, 0) is 33.6 Å². The smallest absolute Gasteiger partial charge is 0.200 e. The molecule has 6 heteroatoms. The van der Waals surface area contributed by atoms with Gasteiger partial charge in [0.2, 0.25) is 5.82 Å². The maximum atomic E-state index is 10.2. The van der Waals surface area contributed by atoms with Crippen molar-refractivity contribution in [2.45, 2.75) is 70.9 Å². The molecule has 1 N–H and O–H groups in total. The zero-order valence-electron chi connectivity index (χ0n) is 13.5. The molecule has 0 radical (unpaired) electrons. The Morgan fingerprint density at radius 1 is 1.27 bits per heavy atom. The molecule has 120 valence electrons. The average Bonchev–Trinajstić information content (AvgIpc) is 3.04. The van der Waals surface area contributed by atoms with Crippen molar-refractivity contribution in [3.63, 3.8) is 0 Å². The van der Waals surface area contributed by atoms with Gasteiger partial charge in [0, 0.05) is 11.8 Å². The number of hydrogen-bond acceptors (Lipinski definition) is 5. The number of hydrogen-bond donors (Lipinski definition) is 1. The van der Waals surface area contributed by atoms with Gasteiger partial charge in [0.05, 0.1) is 16.7 Å². The summed E-state index contributed by atoms with van der Waals surface area (Å²) in [5, 5.41) is 17.9. The second-order valence-electron chi connectivity index (χ2n) is 6.83. The molecule has 0 atom stereocenters. The molecule has 0 unspecified atom stereocenters. The van der Waals surface area contributed by atoms with E-state index in [1.54, 1.807) is 11.3 Å². The van der Waals surface area contributed by atoms with E-state index in [1.165, 1.54) is 19.3 Å². The first-order chi connectivity index (χ1) is 10.4. The summed E-state index contributed by atoms with van der Waals surface area (Å²) in [6, 6.07) is 0.409. The number of rotatable bonds is 4. The second-order valence-corrected chi connectivity index (χ2v) is 7.89. The van der Waals surface area contributed by atoms with Gasteiger partial charge >= 0.3 is 0 Å². The molecular weight excluding hydrogens is 296 g/mol. The minimum atomic E-state index is -0.783. The van der Waals surface area contributed by atoms with Crippen LogP contribution in [0.4, 0.5) is 0 Å². The number of aryl methyl sites for hydroxylation is 1. The highest BCUT2D eigenvalue weighted by Gasteiger charge is 2.25. The average molecular weight is 320 g/mol. The van der Waals surface area contributed by atoms with Crippen molar-refractivity contribution < 1.29 is 5.11 Å². The summed E-state index contributed by atoms with van der Waals surface area (Å²) < 4.78 is 2.06. The summed E-state index contributed by atoms with van der Waals surface area (Å²) in [7, 11) is 0. The Balaban J connectivity index is 1.96. The van der Waals surface area contributed by atoms with Crippen LogP contribution < -0.4 is 0 Å². The fourth-order valence-electron chi connectivity index (χ4n) is 3.06. The predicted octanol–water partition coefficient (Wildman–Crippen LogP) is 3.53. The van der Waals surface area contributed by atoms with E-state index in [4.69, 9.17) is 10.1 Å². The van der Waals surface area contributed by atoms with Crippen LogP contribution in [0.2, 0.25) is 0 Å². The highest BCUT2D eigenvalue weighted by molar-refractivity contribution is 7.09. The van der Waals surface area contributed by atoms with Gasteiger partial charge in [-0.15, -0.1) is 16.4 Å². The Hall–Kier alpha value is -1.27. The first-order valence-corrected chi connectivity index (χ1v) is 8.91. The molecule has 0 aromatic carbocycles. The van der Waals surface area contributed by atoms with E-state index in [9.17, 15) is 5.11 Å².